The van der Waals surface area contributed by atoms with Gasteiger partial charge >= 0.3 is 0 Å². The highest BCUT2D eigenvalue weighted by atomic mass is 32.1. The molecule has 0 bridgehead atoms. The van der Waals surface area contributed by atoms with E-state index in [1.54, 1.807) is 11.3 Å². The summed E-state index contributed by atoms with van der Waals surface area (Å²) >= 11 is 1.81. The number of nitrogens with one attached hydrogen (secondary N) is 1. The van der Waals surface area contributed by atoms with Gasteiger partial charge in [-0.1, -0.05) is 20.3 Å². The highest BCUT2D eigenvalue weighted by Crippen LogP contribution is 2.17. The number of hydrogen-bond acceptors (Lipinski definition) is 3. The van der Waals surface area contributed by atoms with Gasteiger partial charge in [0.25, 0.3) is 0 Å². The molecule has 2 unspecified atom stereocenters. The number of rotatable bonds is 5. The van der Waals surface area contributed by atoms with E-state index in [0.29, 0.717) is 12.1 Å². The second-order valence-electron chi connectivity index (χ2n) is 5.02. The van der Waals surface area contributed by atoms with Crippen molar-refractivity contribution < 1.29 is 0 Å². The Balaban J connectivity index is 1.94. The van der Waals surface area contributed by atoms with Crippen LogP contribution in [0.2, 0.25) is 0 Å². The van der Waals surface area contributed by atoms with Crippen molar-refractivity contribution in [3.05, 3.63) is 22.4 Å². The molecule has 0 amide bonds. The zero-order valence-electron chi connectivity index (χ0n) is 11.0. The molecule has 2 nitrogen and oxygen atoms in total. The van der Waals surface area contributed by atoms with Crippen molar-refractivity contribution in [2.75, 3.05) is 13.1 Å². The van der Waals surface area contributed by atoms with Gasteiger partial charge in [-0.25, -0.2) is 0 Å². The molecule has 1 N–H and O–H groups in total. The molecule has 0 radical (unpaired) electrons. The Labute approximate surface area is 109 Å². The number of nitrogens with zero attached hydrogens (tertiary/aromatic N) is 1. The predicted molar refractivity (Wildman–Crippen MR) is 75.5 cm³/mol. The summed E-state index contributed by atoms with van der Waals surface area (Å²) in [6, 6.07) is 3.67. The van der Waals surface area contributed by atoms with Gasteiger partial charge in [0.15, 0.2) is 0 Å². The summed E-state index contributed by atoms with van der Waals surface area (Å²) in [5.41, 5.74) is 1.48. The molecule has 1 aromatic heterocycles. The van der Waals surface area contributed by atoms with Crippen molar-refractivity contribution in [1.29, 1.82) is 0 Å². The fourth-order valence-corrected chi connectivity index (χ4v) is 3.34. The van der Waals surface area contributed by atoms with Crippen molar-refractivity contribution in [2.24, 2.45) is 0 Å². The van der Waals surface area contributed by atoms with Gasteiger partial charge in [0, 0.05) is 31.7 Å². The van der Waals surface area contributed by atoms with Gasteiger partial charge in [-0.15, -0.1) is 0 Å². The number of thiophene rings is 1. The summed E-state index contributed by atoms with van der Waals surface area (Å²) in [5.74, 6) is 0. The van der Waals surface area contributed by atoms with Crippen LogP contribution >= 0.6 is 11.3 Å². The van der Waals surface area contributed by atoms with Crippen molar-refractivity contribution in [3.63, 3.8) is 0 Å². The summed E-state index contributed by atoms with van der Waals surface area (Å²) in [6.07, 6.45) is 3.83. The molecular formula is C14H24N2S. The van der Waals surface area contributed by atoms with Gasteiger partial charge in [0.2, 0.25) is 0 Å². The molecule has 0 aliphatic carbocycles. The van der Waals surface area contributed by atoms with E-state index in [1.165, 1.54) is 31.4 Å². The molecular weight excluding hydrogens is 228 g/mol. The van der Waals surface area contributed by atoms with Crippen LogP contribution in [0.4, 0.5) is 0 Å². The zero-order valence-corrected chi connectivity index (χ0v) is 11.8. The molecule has 96 valence electrons. The lowest BCUT2D eigenvalue weighted by molar-refractivity contribution is 0.116. The summed E-state index contributed by atoms with van der Waals surface area (Å²) in [5, 5.41) is 8.16. The van der Waals surface area contributed by atoms with Crippen LogP contribution in [0.25, 0.3) is 0 Å². The lowest BCUT2D eigenvalue weighted by Gasteiger charge is -2.40. The largest absolute Gasteiger partial charge is 0.311 e. The van der Waals surface area contributed by atoms with Crippen LogP contribution in [0.5, 0.6) is 0 Å². The molecule has 1 aromatic rings. The standard InChI is InChI=1S/C14H24N2S/c1-3-5-13-10-16(14(4-2)8-15-13)9-12-6-7-17-11-12/h6-7,11,13-15H,3-5,8-10H2,1-2H3. The monoisotopic (exact) mass is 252 g/mol. The SMILES string of the molecule is CCCC1CN(Cc2ccsc2)C(CC)CN1. The molecule has 0 aromatic carbocycles. The molecule has 1 aliphatic rings. The molecule has 17 heavy (non-hydrogen) atoms. The molecule has 3 heteroatoms. The van der Waals surface area contributed by atoms with Crippen LogP contribution in [-0.4, -0.2) is 30.1 Å². The number of hydrogen-bond donors (Lipinski definition) is 1. The van der Waals surface area contributed by atoms with E-state index in [9.17, 15) is 0 Å². The second-order valence-corrected chi connectivity index (χ2v) is 5.80. The minimum absolute atomic E-state index is 0.696. The topological polar surface area (TPSA) is 15.3 Å². The maximum atomic E-state index is 3.69. The second kappa shape index (κ2) is 6.53. The van der Waals surface area contributed by atoms with Gasteiger partial charge in [-0.05, 0) is 35.2 Å². The Kier molecular flexibility index (Phi) is 5.01. The highest BCUT2D eigenvalue weighted by molar-refractivity contribution is 7.07. The maximum absolute atomic E-state index is 3.69. The lowest BCUT2D eigenvalue weighted by Crippen LogP contribution is -2.55. The molecule has 2 rings (SSSR count). The van der Waals surface area contributed by atoms with Gasteiger partial charge in [0.05, 0.1) is 0 Å². The van der Waals surface area contributed by atoms with E-state index < -0.39 is 0 Å². The van der Waals surface area contributed by atoms with E-state index >= 15 is 0 Å². The first-order valence-electron chi connectivity index (χ1n) is 6.82. The number of piperazine rings is 1. The van der Waals surface area contributed by atoms with Crippen molar-refractivity contribution in [2.45, 2.75) is 51.7 Å². The third-order valence-electron chi connectivity index (χ3n) is 3.69. The third-order valence-corrected chi connectivity index (χ3v) is 4.42. The Hall–Kier alpha value is -0.380. The van der Waals surface area contributed by atoms with Crippen LogP contribution in [0, 0.1) is 0 Å². The van der Waals surface area contributed by atoms with E-state index in [0.717, 1.165) is 13.1 Å². The van der Waals surface area contributed by atoms with E-state index in [-0.39, 0.29) is 0 Å². The third kappa shape index (κ3) is 3.54. The molecule has 0 spiro atoms. The first-order chi connectivity index (χ1) is 8.33. The van der Waals surface area contributed by atoms with Crippen LogP contribution in [0.15, 0.2) is 16.8 Å². The minimum Gasteiger partial charge on any atom is -0.311 e. The molecule has 2 atom stereocenters. The highest BCUT2D eigenvalue weighted by Gasteiger charge is 2.25. The fraction of sp³-hybridized carbons (Fsp3) is 0.714. The van der Waals surface area contributed by atoms with E-state index in [1.807, 2.05) is 0 Å². The minimum atomic E-state index is 0.696. The van der Waals surface area contributed by atoms with Gasteiger partial charge < -0.3 is 5.32 Å². The van der Waals surface area contributed by atoms with Crippen LogP contribution < -0.4 is 5.32 Å². The quantitative estimate of drug-likeness (QED) is 0.866. The fourth-order valence-electron chi connectivity index (χ4n) is 2.68. The average molecular weight is 252 g/mol. The molecule has 1 fully saturated rings. The first kappa shape index (κ1) is 13.1. The van der Waals surface area contributed by atoms with Crippen molar-refractivity contribution >= 4 is 11.3 Å². The van der Waals surface area contributed by atoms with Crippen LogP contribution in [-0.2, 0) is 6.54 Å². The summed E-state index contributed by atoms with van der Waals surface area (Å²) < 4.78 is 0. The zero-order chi connectivity index (χ0) is 12.1. The van der Waals surface area contributed by atoms with E-state index in [2.05, 4.69) is 40.9 Å². The molecule has 2 heterocycles. The molecule has 1 aliphatic heterocycles. The van der Waals surface area contributed by atoms with Crippen molar-refractivity contribution in [1.82, 2.24) is 10.2 Å². The van der Waals surface area contributed by atoms with Crippen LogP contribution in [0.3, 0.4) is 0 Å². The Morgan fingerprint density at radius 3 is 3.00 bits per heavy atom. The maximum Gasteiger partial charge on any atom is 0.0246 e. The summed E-state index contributed by atoms with van der Waals surface area (Å²) in [6.45, 7) is 8.07. The van der Waals surface area contributed by atoms with Gasteiger partial charge in [-0.3, -0.25) is 4.90 Å². The van der Waals surface area contributed by atoms with Gasteiger partial charge in [0.1, 0.15) is 0 Å². The Morgan fingerprint density at radius 1 is 1.47 bits per heavy atom. The normalized spacial score (nSPS) is 26.2. The van der Waals surface area contributed by atoms with Crippen LogP contribution in [0.1, 0.15) is 38.7 Å². The predicted octanol–water partition coefficient (Wildman–Crippen LogP) is 3.10. The Bertz CT molecular complexity index is 310. The average Bonchev–Trinajstić information content (AvgIpc) is 2.83. The lowest BCUT2D eigenvalue weighted by atomic mass is 10.0. The van der Waals surface area contributed by atoms with E-state index in [4.69, 9.17) is 0 Å². The molecule has 0 saturated carbocycles. The van der Waals surface area contributed by atoms with Crippen molar-refractivity contribution in [3.8, 4) is 0 Å². The smallest absolute Gasteiger partial charge is 0.0246 e. The Morgan fingerprint density at radius 2 is 2.35 bits per heavy atom. The summed E-state index contributed by atoms with van der Waals surface area (Å²) in [4.78, 5) is 2.67. The first-order valence-corrected chi connectivity index (χ1v) is 7.76. The molecule has 1 saturated heterocycles. The summed E-state index contributed by atoms with van der Waals surface area (Å²) in [7, 11) is 0. The van der Waals surface area contributed by atoms with Gasteiger partial charge in [-0.2, -0.15) is 11.3 Å².